The number of benzene rings is 1. The van der Waals surface area contributed by atoms with E-state index in [-0.39, 0.29) is 40.5 Å². The summed E-state index contributed by atoms with van der Waals surface area (Å²) >= 11 is 5.77. The van der Waals surface area contributed by atoms with E-state index < -0.39 is 29.3 Å². The summed E-state index contributed by atoms with van der Waals surface area (Å²) in [5.74, 6) is -1.42. The minimum atomic E-state index is -3.01. The fourth-order valence-corrected chi connectivity index (χ4v) is 4.21. The van der Waals surface area contributed by atoms with Gasteiger partial charge in [0.1, 0.15) is 5.69 Å². The van der Waals surface area contributed by atoms with Crippen LogP contribution in [0.15, 0.2) is 47.6 Å². The number of amides is 2. The number of nitrogens with zero attached hydrogens (tertiary/aromatic N) is 6. The Bertz CT molecular complexity index is 1520. The zero-order chi connectivity index (χ0) is 29.0. The number of aromatic nitrogens is 4. The second-order valence-electron chi connectivity index (χ2n) is 8.91. The van der Waals surface area contributed by atoms with E-state index in [9.17, 15) is 22.8 Å². The van der Waals surface area contributed by atoms with E-state index in [2.05, 4.69) is 30.2 Å². The first-order valence-corrected chi connectivity index (χ1v) is 12.4. The normalized spacial score (nSPS) is 15.9. The summed E-state index contributed by atoms with van der Waals surface area (Å²) in [5.41, 5.74) is 5.05. The number of alkyl halides is 2. The molecule has 3 heterocycles. The first-order valence-electron chi connectivity index (χ1n) is 12.1. The Morgan fingerprint density at radius 3 is 2.73 bits per heavy atom. The third-order valence-electron chi connectivity index (χ3n) is 6.11. The molecule has 0 bridgehead atoms. The molecule has 0 radical (unpaired) electrons. The molecule has 1 atom stereocenters. The van der Waals surface area contributed by atoms with Crippen LogP contribution in [-0.2, 0) is 11.3 Å². The fraction of sp³-hybridized carbons (Fsp3) is 0.269. The van der Waals surface area contributed by atoms with Gasteiger partial charge in [-0.3, -0.25) is 29.4 Å². The van der Waals surface area contributed by atoms with Gasteiger partial charge in [-0.1, -0.05) is 24.6 Å². The number of halogens is 4. The first kappa shape index (κ1) is 28.6. The lowest BCUT2D eigenvalue weighted by Crippen LogP contribution is -2.28. The molecule has 0 aliphatic carbocycles. The van der Waals surface area contributed by atoms with Gasteiger partial charge in [0.2, 0.25) is 5.91 Å². The zero-order valence-corrected chi connectivity index (χ0v) is 22.2. The Morgan fingerprint density at radius 2 is 2.08 bits per heavy atom. The van der Waals surface area contributed by atoms with Crippen LogP contribution in [0.4, 0.5) is 19.0 Å². The number of hydrogen-bond donors (Lipinski definition) is 2. The summed E-state index contributed by atoms with van der Waals surface area (Å²) in [5, 5.41) is 2.09. The smallest absolute Gasteiger partial charge is 0.275 e. The SMILES string of the molecule is Cc1nc(CN=C/C(=C\N)NC(=O)c2cncc(-c3c(C(F)F)ccc(Cl)c3F)n2)cnc1N1CC[C@@H](C)C1=O. The van der Waals surface area contributed by atoms with Crippen LogP contribution >= 0.6 is 11.6 Å². The second kappa shape index (κ2) is 12.2. The molecule has 1 aromatic carbocycles. The van der Waals surface area contributed by atoms with Gasteiger partial charge in [0.05, 0.1) is 52.9 Å². The molecule has 1 fully saturated rings. The van der Waals surface area contributed by atoms with Crippen molar-refractivity contribution in [3.05, 3.63) is 76.1 Å². The number of allylic oxidation sites excluding steroid dienone is 1. The lowest BCUT2D eigenvalue weighted by molar-refractivity contribution is -0.119. The number of anilines is 1. The van der Waals surface area contributed by atoms with Crippen molar-refractivity contribution in [1.29, 1.82) is 0 Å². The molecule has 2 aromatic heterocycles. The van der Waals surface area contributed by atoms with Gasteiger partial charge in [0.15, 0.2) is 11.6 Å². The Kier molecular flexibility index (Phi) is 8.73. The Balaban J connectivity index is 1.45. The number of rotatable bonds is 8. The van der Waals surface area contributed by atoms with Gasteiger partial charge in [0, 0.05) is 36.0 Å². The minimum Gasteiger partial charge on any atom is -0.403 e. The van der Waals surface area contributed by atoms with E-state index in [0.29, 0.717) is 23.8 Å². The minimum absolute atomic E-state index is 0.0130. The maximum atomic E-state index is 14.6. The van der Waals surface area contributed by atoms with Crippen LogP contribution in [-0.4, -0.2) is 44.5 Å². The molecule has 3 aromatic rings. The van der Waals surface area contributed by atoms with E-state index >= 15 is 0 Å². The van der Waals surface area contributed by atoms with Crippen LogP contribution in [0, 0.1) is 18.7 Å². The lowest BCUT2D eigenvalue weighted by atomic mass is 10.0. The molecule has 208 valence electrons. The van der Waals surface area contributed by atoms with Crippen LogP contribution in [0.2, 0.25) is 5.02 Å². The van der Waals surface area contributed by atoms with Gasteiger partial charge in [-0.25, -0.2) is 23.1 Å². The first-order chi connectivity index (χ1) is 19.1. The molecule has 3 N–H and O–H groups in total. The van der Waals surface area contributed by atoms with Crippen molar-refractivity contribution in [2.75, 3.05) is 11.4 Å². The van der Waals surface area contributed by atoms with Crippen molar-refractivity contribution in [2.45, 2.75) is 33.2 Å². The van der Waals surface area contributed by atoms with Crippen LogP contribution in [0.3, 0.4) is 0 Å². The number of carbonyl (C=O) groups excluding carboxylic acids is 2. The molecule has 0 spiro atoms. The molecule has 4 rings (SSSR count). The van der Waals surface area contributed by atoms with Crippen molar-refractivity contribution in [2.24, 2.45) is 16.6 Å². The number of nitrogens with one attached hydrogen (secondary N) is 1. The van der Waals surface area contributed by atoms with Gasteiger partial charge in [-0.05, 0) is 19.4 Å². The van der Waals surface area contributed by atoms with Gasteiger partial charge in [0.25, 0.3) is 12.3 Å². The highest BCUT2D eigenvalue weighted by Gasteiger charge is 2.31. The maximum absolute atomic E-state index is 14.6. The predicted molar refractivity (Wildman–Crippen MR) is 142 cm³/mol. The monoisotopic (exact) mass is 572 g/mol. The molecule has 1 saturated heterocycles. The van der Waals surface area contributed by atoms with Gasteiger partial charge >= 0.3 is 0 Å². The lowest BCUT2D eigenvalue weighted by Gasteiger charge is -2.17. The molecule has 40 heavy (non-hydrogen) atoms. The third-order valence-corrected chi connectivity index (χ3v) is 6.40. The number of carbonyl (C=O) groups is 2. The largest absolute Gasteiger partial charge is 0.403 e. The highest BCUT2D eigenvalue weighted by molar-refractivity contribution is 6.31. The van der Waals surface area contributed by atoms with Gasteiger partial charge < -0.3 is 11.1 Å². The van der Waals surface area contributed by atoms with Crippen molar-refractivity contribution in [1.82, 2.24) is 25.3 Å². The summed E-state index contributed by atoms with van der Waals surface area (Å²) < 4.78 is 41.6. The van der Waals surface area contributed by atoms with Crippen molar-refractivity contribution in [3.63, 3.8) is 0 Å². The number of nitrogens with two attached hydrogens (primary N) is 1. The number of aryl methyl sites for hydroxylation is 1. The average molecular weight is 573 g/mol. The summed E-state index contributed by atoms with van der Waals surface area (Å²) in [6, 6.07) is 2.00. The van der Waals surface area contributed by atoms with Crippen molar-refractivity contribution < 1.29 is 22.8 Å². The fourth-order valence-electron chi connectivity index (χ4n) is 4.05. The molecule has 1 aliphatic heterocycles. The second-order valence-corrected chi connectivity index (χ2v) is 9.32. The van der Waals surface area contributed by atoms with E-state index in [0.717, 1.165) is 37.1 Å². The molecule has 14 heteroatoms. The summed E-state index contributed by atoms with van der Waals surface area (Å²) in [7, 11) is 0. The highest BCUT2D eigenvalue weighted by Crippen LogP contribution is 2.35. The molecule has 1 aliphatic rings. The predicted octanol–water partition coefficient (Wildman–Crippen LogP) is 4.15. The average Bonchev–Trinajstić information content (AvgIpc) is 3.26. The summed E-state index contributed by atoms with van der Waals surface area (Å²) in [4.78, 5) is 47.6. The molecule has 10 nitrogen and oxygen atoms in total. The third kappa shape index (κ3) is 6.09. The van der Waals surface area contributed by atoms with Crippen LogP contribution in [0.5, 0.6) is 0 Å². The summed E-state index contributed by atoms with van der Waals surface area (Å²) in [6.45, 7) is 4.32. The standard InChI is InChI=1S/C26H24ClF3N8O2/c1-13-5-6-38(26(13)40)24-14(2)35-16(10-34-24)9-32-8-15(7-31)36-25(39)20-12-33-11-19(37-20)21-17(23(29)30)3-4-18(27)22(21)28/h3-4,7-8,10-13,23H,5-6,9,31H2,1-2H3,(H,36,39)/b15-7+,32-8?/t13-/m1/s1. The topological polar surface area (TPSA) is 139 Å². The molecule has 0 saturated carbocycles. The molecule has 2 amide bonds. The number of hydrogen-bond acceptors (Lipinski definition) is 8. The van der Waals surface area contributed by atoms with E-state index in [1.807, 2.05) is 6.92 Å². The van der Waals surface area contributed by atoms with Crippen LogP contribution in [0.1, 0.15) is 47.2 Å². The molecular weight excluding hydrogens is 549 g/mol. The van der Waals surface area contributed by atoms with E-state index in [1.165, 1.54) is 12.4 Å². The van der Waals surface area contributed by atoms with Crippen LogP contribution in [0.25, 0.3) is 11.3 Å². The number of aliphatic imine (C=N–C) groups is 1. The van der Waals surface area contributed by atoms with Crippen LogP contribution < -0.4 is 16.0 Å². The highest BCUT2D eigenvalue weighted by atomic mass is 35.5. The van der Waals surface area contributed by atoms with Gasteiger partial charge in [-0.15, -0.1) is 0 Å². The zero-order valence-electron chi connectivity index (χ0n) is 21.4. The maximum Gasteiger partial charge on any atom is 0.275 e. The van der Waals surface area contributed by atoms with Gasteiger partial charge in [-0.2, -0.15) is 0 Å². The van der Waals surface area contributed by atoms with Crippen molar-refractivity contribution >= 4 is 35.4 Å². The molecular formula is C26H24ClF3N8O2. The Hall–Kier alpha value is -4.39. The van der Waals surface area contributed by atoms with Crippen molar-refractivity contribution in [3.8, 4) is 11.3 Å². The quantitative estimate of drug-likeness (QED) is 0.387. The Labute approximate surface area is 232 Å². The van der Waals surface area contributed by atoms with E-state index in [4.69, 9.17) is 17.3 Å². The molecule has 0 unspecified atom stereocenters. The Morgan fingerprint density at radius 1 is 1.30 bits per heavy atom. The summed E-state index contributed by atoms with van der Waals surface area (Å²) in [6.07, 6.45) is 3.77. The van der Waals surface area contributed by atoms with E-state index in [1.54, 1.807) is 11.8 Å².